The van der Waals surface area contributed by atoms with Gasteiger partial charge in [0.05, 0.1) is 0 Å². The lowest BCUT2D eigenvalue weighted by molar-refractivity contribution is -0.132. The maximum absolute atomic E-state index is 12.2. The summed E-state index contributed by atoms with van der Waals surface area (Å²) in [7, 11) is 0. The lowest BCUT2D eigenvalue weighted by Crippen LogP contribution is -2.49. The monoisotopic (exact) mass is 409 g/mol. The van der Waals surface area contributed by atoms with Crippen LogP contribution in [0, 0.1) is 0 Å². The van der Waals surface area contributed by atoms with Crippen molar-refractivity contribution in [1.29, 1.82) is 0 Å². The van der Waals surface area contributed by atoms with E-state index in [9.17, 15) is 4.79 Å². The van der Waals surface area contributed by atoms with Gasteiger partial charge in [0.25, 0.3) is 0 Å². The van der Waals surface area contributed by atoms with Gasteiger partial charge >= 0.3 is 0 Å². The van der Waals surface area contributed by atoms with Crippen molar-refractivity contribution in [3.05, 3.63) is 11.1 Å². The lowest BCUT2D eigenvalue weighted by Gasteiger charge is -2.35. The highest BCUT2D eigenvalue weighted by molar-refractivity contribution is 7.15. The molecule has 25 heavy (non-hydrogen) atoms. The Morgan fingerprint density at radius 2 is 1.84 bits per heavy atom. The molecule has 0 aliphatic carbocycles. The number of carbonyl (C=O) groups is 1. The number of nitrogens with zero attached hydrogens (tertiary/aromatic N) is 4. The number of amides is 1. The molecule has 1 amide bonds. The molecular formula is C16H29Cl2N5OS. The molecule has 0 aromatic carbocycles. The third kappa shape index (κ3) is 6.25. The summed E-state index contributed by atoms with van der Waals surface area (Å²) in [5.41, 5.74) is 0. The average molecular weight is 410 g/mol. The van der Waals surface area contributed by atoms with E-state index in [2.05, 4.69) is 27.0 Å². The number of hydrogen-bond acceptors (Lipinski definition) is 6. The molecule has 1 aromatic heterocycles. The van der Waals surface area contributed by atoms with E-state index >= 15 is 0 Å². The molecule has 0 unspecified atom stereocenters. The normalized spacial score (nSPS) is 18.4. The number of anilines is 1. The fourth-order valence-corrected chi connectivity index (χ4v) is 4.00. The highest BCUT2D eigenvalue weighted by Gasteiger charge is 2.21. The first-order valence-corrected chi connectivity index (χ1v) is 9.48. The van der Waals surface area contributed by atoms with Gasteiger partial charge in [-0.25, -0.2) is 4.98 Å². The summed E-state index contributed by atoms with van der Waals surface area (Å²) in [4.78, 5) is 24.9. The van der Waals surface area contributed by atoms with Gasteiger partial charge in [-0.3, -0.25) is 9.69 Å². The molecule has 144 valence electrons. The van der Waals surface area contributed by atoms with E-state index in [-0.39, 0.29) is 24.8 Å². The van der Waals surface area contributed by atoms with Crippen molar-refractivity contribution in [3.8, 4) is 0 Å². The van der Waals surface area contributed by atoms with Crippen LogP contribution in [0.4, 0.5) is 5.13 Å². The molecule has 2 fully saturated rings. The minimum Gasteiger partial charge on any atom is -0.346 e. The first-order valence-electron chi connectivity index (χ1n) is 8.66. The molecule has 1 N–H and O–H groups in total. The number of rotatable bonds is 5. The van der Waals surface area contributed by atoms with Gasteiger partial charge in [-0.1, -0.05) is 6.92 Å². The average Bonchev–Trinajstić information content (AvgIpc) is 3.10. The van der Waals surface area contributed by atoms with Crippen LogP contribution in [0.2, 0.25) is 0 Å². The molecule has 0 bridgehead atoms. The summed E-state index contributed by atoms with van der Waals surface area (Å²) in [6.07, 6.45) is 3.71. The van der Waals surface area contributed by atoms with E-state index in [0.717, 1.165) is 70.5 Å². The van der Waals surface area contributed by atoms with Crippen molar-refractivity contribution in [3.63, 3.8) is 0 Å². The minimum absolute atomic E-state index is 0. The molecule has 6 nitrogen and oxygen atoms in total. The first-order chi connectivity index (χ1) is 11.3. The third-order valence-corrected chi connectivity index (χ3v) is 5.85. The van der Waals surface area contributed by atoms with E-state index in [1.807, 2.05) is 22.4 Å². The molecule has 3 heterocycles. The molecule has 9 heteroatoms. The second-order valence-corrected chi connectivity index (χ2v) is 7.27. The molecule has 2 saturated heterocycles. The zero-order chi connectivity index (χ0) is 16.1. The van der Waals surface area contributed by atoms with E-state index < -0.39 is 0 Å². The van der Waals surface area contributed by atoms with Gasteiger partial charge in [-0.2, -0.15) is 0 Å². The molecule has 2 aliphatic rings. The minimum atomic E-state index is 0. The summed E-state index contributed by atoms with van der Waals surface area (Å²) in [6, 6.07) is 0. The Morgan fingerprint density at radius 3 is 2.44 bits per heavy atom. The van der Waals surface area contributed by atoms with Crippen LogP contribution in [0.15, 0.2) is 6.20 Å². The van der Waals surface area contributed by atoms with Crippen LogP contribution in [-0.2, 0) is 11.2 Å². The van der Waals surface area contributed by atoms with Gasteiger partial charge in [0.15, 0.2) is 5.13 Å². The number of halogens is 2. The Labute approximate surface area is 166 Å². The molecular weight excluding hydrogens is 381 g/mol. The Kier molecular flexibility index (Phi) is 10.0. The molecule has 3 rings (SSSR count). The van der Waals surface area contributed by atoms with Gasteiger partial charge < -0.3 is 15.1 Å². The van der Waals surface area contributed by atoms with E-state index in [1.165, 1.54) is 4.88 Å². The van der Waals surface area contributed by atoms with Crippen LogP contribution in [0.3, 0.4) is 0 Å². The molecule has 0 atom stereocenters. The van der Waals surface area contributed by atoms with Crippen molar-refractivity contribution >= 4 is 47.2 Å². The first kappa shape index (κ1) is 22.4. The number of aryl methyl sites for hydroxylation is 1. The number of thiazole rings is 1. The number of hydrogen-bond donors (Lipinski definition) is 1. The molecule has 2 aliphatic heterocycles. The Balaban J connectivity index is 0.00000156. The van der Waals surface area contributed by atoms with Crippen molar-refractivity contribution in [2.24, 2.45) is 0 Å². The summed E-state index contributed by atoms with van der Waals surface area (Å²) >= 11 is 1.81. The number of piperazine rings is 2. The SMILES string of the molecule is CCc1cnc(N2CCN(CCC(=O)N3CCNCC3)CC2)s1.Cl.Cl. The zero-order valence-electron chi connectivity index (χ0n) is 14.8. The fourth-order valence-electron chi connectivity index (χ4n) is 3.10. The van der Waals surface area contributed by atoms with Crippen LogP contribution in [0.25, 0.3) is 0 Å². The quantitative estimate of drug-likeness (QED) is 0.797. The summed E-state index contributed by atoms with van der Waals surface area (Å²) < 4.78 is 0. The Morgan fingerprint density at radius 1 is 1.16 bits per heavy atom. The van der Waals surface area contributed by atoms with E-state index in [0.29, 0.717) is 12.3 Å². The fraction of sp³-hybridized carbons (Fsp3) is 0.750. The van der Waals surface area contributed by atoms with Gasteiger partial charge in [0.2, 0.25) is 5.91 Å². The molecule has 1 aromatic rings. The zero-order valence-corrected chi connectivity index (χ0v) is 17.2. The third-order valence-electron chi connectivity index (χ3n) is 4.64. The van der Waals surface area contributed by atoms with Crippen molar-refractivity contribution in [1.82, 2.24) is 20.1 Å². The predicted octanol–water partition coefficient (Wildman–Crippen LogP) is 1.49. The number of nitrogens with one attached hydrogen (secondary N) is 1. The largest absolute Gasteiger partial charge is 0.346 e. The highest BCUT2D eigenvalue weighted by atomic mass is 35.5. The second-order valence-electron chi connectivity index (χ2n) is 6.17. The van der Waals surface area contributed by atoms with Crippen LogP contribution >= 0.6 is 36.2 Å². The Hall–Kier alpha value is -0.600. The van der Waals surface area contributed by atoms with Crippen molar-refractivity contribution in [2.45, 2.75) is 19.8 Å². The van der Waals surface area contributed by atoms with Gasteiger partial charge in [0, 0.05) is 76.4 Å². The summed E-state index contributed by atoms with van der Waals surface area (Å²) in [5, 5.41) is 4.44. The maximum atomic E-state index is 12.2. The summed E-state index contributed by atoms with van der Waals surface area (Å²) in [5.74, 6) is 0.307. The van der Waals surface area contributed by atoms with Crippen LogP contribution in [-0.4, -0.2) is 79.6 Å². The maximum Gasteiger partial charge on any atom is 0.223 e. The van der Waals surface area contributed by atoms with Crippen molar-refractivity contribution in [2.75, 3.05) is 63.8 Å². The predicted molar refractivity (Wildman–Crippen MR) is 109 cm³/mol. The molecule has 0 spiro atoms. The molecule has 0 saturated carbocycles. The highest BCUT2D eigenvalue weighted by Crippen LogP contribution is 2.23. The van der Waals surface area contributed by atoms with Crippen LogP contribution < -0.4 is 10.2 Å². The van der Waals surface area contributed by atoms with Gasteiger partial charge in [-0.15, -0.1) is 36.2 Å². The van der Waals surface area contributed by atoms with Gasteiger partial charge in [-0.05, 0) is 6.42 Å². The lowest BCUT2D eigenvalue weighted by atomic mass is 10.2. The number of aromatic nitrogens is 1. The smallest absolute Gasteiger partial charge is 0.223 e. The second kappa shape index (κ2) is 11.2. The standard InChI is InChI=1S/C16H27N5OS.2ClH/c1-2-14-13-18-16(23-14)21-11-9-19(10-12-21)6-3-15(22)20-7-4-17-5-8-20;;/h13,17H,2-12H2,1H3;2*1H. The molecule has 0 radical (unpaired) electrons. The van der Waals surface area contributed by atoms with Crippen LogP contribution in [0.5, 0.6) is 0 Å². The summed E-state index contributed by atoms with van der Waals surface area (Å²) in [6.45, 7) is 10.7. The van der Waals surface area contributed by atoms with E-state index in [1.54, 1.807) is 0 Å². The van der Waals surface area contributed by atoms with Crippen LogP contribution in [0.1, 0.15) is 18.2 Å². The number of carbonyl (C=O) groups excluding carboxylic acids is 1. The van der Waals surface area contributed by atoms with E-state index in [4.69, 9.17) is 0 Å². The van der Waals surface area contributed by atoms with Crippen molar-refractivity contribution < 1.29 is 4.79 Å². The Bertz CT molecular complexity index is 516. The topological polar surface area (TPSA) is 51.7 Å². The van der Waals surface area contributed by atoms with Gasteiger partial charge in [0.1, 0.15) is 0 Å².